The summed E-state index contributed by atoms with van der Waals surface area (Å²) in [5, 5.41) is 3.01. The van der Waals surface area contributed by atoms with Gasteiger partial charge in [-0.15, -0.1) is 0 Å². The summed E-state index contributed by atoms with van der Waals surface area (Å²) < 4.78 is 10.4. The standard InChI is InChI=1S/C12H20N4O2/c1-10(9-17-2)16-12(13)15-6-7-18-11-4-3-5-14-8-11/h3-5,8,10H,6-7,9H2,1-2H3,(H3,13,15,16). The maximum atomic E-state index is 5.70. The molecule has 0 fully saturated rings. The van der Waals surface area contributed by atoms with E-state index in [0.717, 1.165) is 5.75 Å². The van der Waals surface area contributed by atoms with Gasteiger partial charge in [0.1, 0.15) is 12.4 Å². The molecule has 1 rings (SSSR count). The molecule has 0 saturated carbocycles. The van der Waals surface area contributed by atoms with E-state index in [9.17, 15) is 0 Å². The molecule has 0 aliphatic rings. The summed E-state index contributed by atoms with van der Waals surface area (Å²) in [6, 6.07) is 3.80. The lowest BCUT2D eigenvalue weighted by Gasteiger charge is -2.13. The third-order valence-corrected chi connectivity index (χ3v) is 2.09. The largest absolute Gasteiger partial charge is 0.490 e. The van der Waals surface area contributed by atoms with E-state index in [4.69, 9.17) is 15.2 Å². The molecule has 0 bridgehead atoms. The summed E-state index contributed by atoms with van der Waals surface area (Å²) in [5.74, 6) is 1.13. The van der Waals surface area contributed by atoms with Crippen LogP contribution in [0.4, 0.5) is 0 Å². The van der Waals surface area contributed by atoms with Crippen molar-refractivity contribution < 1.29 is 9.47 Å². The zero-order chi connectivity index (χ0) is 13.2. The fourth-order valence-electron chi connectivity index (χ4n) is 1.35. The second kappa shape index (κ2) is 8.30. The Bertz CT molecular complexity index is 356. The van der Waals surface area contributed by atoms with Crippen LogP contribution >= 0.6 is 0 Å². The Kier molecular flexibility index (Phi) is 6.56. The Morgan fingerprint density at radius 3 is 3.11 bits per heavy atom. The van der Waals surface area contributed by atoms with Crippen molar-refractivity contribution in [2.24, 2.45) is 10.7 Å². The van der Waals surface area contributed by atoms with E-state index in [0.29, 0.717) is 25.7 Å². The number of nitrogens with two attached hydrogens (primary N) is 1. The van der Waals surface area contributed by atoms with Gasteiger partial charge in [-0.1, -0.05) is 0 Å². The number of pyridine rings is 1. The quantitative estimate of drug-likeness (QED) is 0.417. The molecule has 0 aromatic carbocycles. The fourth-order valence-corrected chi connectivity index (χ4v) is 1.35. The second-order valence-electron chi connectivity index (χ2n) is 3.80. The van der Waals surface area contributed by atoms with E-state index in [-0.39, 0.29) is 6.04 Å². The first-order chi connectivity index (χ1) is 8.72. The van der Waals surface area contributed by atoms with Gasteiger partial charge in [-0.05, 0) is 19.1 Å². The first-order valence-electron chi connectivity index (χ1n) is 5.80. The molecule has 100 valence electrons. The number of hydrogen-bond donors (Lipinski definition) is 2. The molecule has 0 saturated heterocycles. The minimum atomic E-state index is 0.137. The van der Waals surface area contributed by atoms with Crippen LogP contribution in [0.25, 0.3) is 0 Å². The maximum Gasteiger partial charge on any atom is 0.188 e. The summed E-state index contributed by atoms with van der Waals surface area (Å²) in [7, 11) is 1.65. The average Bonchev–Trinajstić information content (AvgIpc) is 2.36. The van der Waals surface area contributed by atoms with Crippen molar-refractivity contribution >= 4 is 5.96 Å². The van der Waals surface area contributed by atoms with Crippen LogP contribution in [0.5, 0.6) is 5.75 Å². The Morgan fingerprint density at radius 1 is 1.61 bits per heavy atom. The van der Waals surface area contributed by atoms with Crippen molar-refractivity contribution in [1.82, 2.24) is 10.3 Å². The van der Waals surface area contributed by atoms with Crippen molar-refractivity contribution in [3.63, 3.8) is 0 Å². The molecule has 18 heavy (non-hydrogen) atoms. The molecule has 6 heteroatoms. The highest BCUT2D eigenvalue weighted by atomic mass is 16.5. The van der Waals surface area contributed by atoms with Crippen molar-refractivity contribution in [1.29, 1.82) is 0 Å². The van der Waals surface area contributed by atoms with E-state index in [1.165, 1.54) is 0 Å². The molecule has 1 atom stereocenters. The smallest absolute Gasteiger partial charge is 0.188 e. The van der Waals surface area contributed by atoms with Gasteiger partial charge in [0.05, 0.1) is 19.3 Å². The van der Waals surface area contributed by atoms with Gasteiger partial charge in [-0.25, -0.2) is 4.99 Å². The van der Waals surface area contributed by atoms with Crippen LogP contribution in [-0.4, -0.2) is 43.9 Å². The summed E-state index contributed by atoms with van der Waals surface area (Å²) in [4.78, 5) is 8.09. The Hall–Kier alpha value is -1.82. The zero-order valence-electron chi connectivity index (χ0n) is 10.8. The predicted molar refractivity (Wildman–Crippen MR) is 70.7 cm³/mol. The second-order valence-corrected chi connectivity index (χ2v) is 3.80. The molecule has 3 N–H and O–H groups in total. The lowest BCUT2D eigenvalue weighted by Crippen LogP contribution is -2.40. The van der Waals surface area contributed by atoms with Crippen LogP contribution in [0.1, 0.15) is 6.92 Å². The number of hydrogen-bond acceptors (Lipinski definition) is 4. The molecule has 1 unspecified atom stereocenters. The molecule has 0 aliphatic heterocycles. The monoisotopic (exact) mass is 252 g/mol. The molecule has 1 aromatic heterocycles. The number of aliphatic imine (C=N–C) groups is 1. The molecule has 0 aliphatic carbocycles. The summed E-state index contributed by atoms with van der Waals surface area (Å²) >= 11 is 0. The van der Waals surface area contributed by atoms with Crippen LogP contribution in [0.15, 0.2) is 29.5 Å². The van der Waals surface area contributed by atoms with Crippen molar-refractivity contribution in [2.75, 3.05) is 26.9 Å². The van der Waals surface area contributed by atoms with E-state index < -0.39 is 0 Å². The summed E-state index contributed by atoms with van der Waals surface area (Å²) in [5.41, 5.74) is 5.70. The van der Waals surface area contributed by atoms with Gasteiger partial charge in [0.25, 0.3) is 0 Å². The molecule has 0 radical (unpaired) electrons. The number of nitrogens with zero attached hydrogens (tertiary/aromatic N) is 2. The number of guanidine groups is 1. The van der Waals surface area contributed by atoms with E-state index in [1.807, 2.05) is 19.1 Å². The van der Waals surface area contributed by atoms with Crippen LogP contribution in [0, 0.1) is 0 Å². The number of rotatable bonds is 7. The van der Waals surface area contributed by atoms with Crippen molar-refractivity contribution in [2.45, 2.75) is 13.0 Å². The van der Waals surface area contributed by atoms with Crippen LogP contribution in [0.3, 0.4) is 0 Å². The Balaban J connectivity index is 2.19. The number of nitrogens with one attached hydrogen (secondary N) is 1. The van der Waals surface area contributed by atoms with Gasteiger partial charge in [0, 0.05) is 19.3 Å². The predicted octanol–water partition coefficient (Wildman–Crippen LogP) is 0.400. The minimum absolute atomic E-state index is 0.137. The Labute approximate surface area is 107 Å². The first-order valence-corrected chi connectivity index (χ1v) is 5.80. The van der Waals surface area contributed by atoms with Crippen LogP contribution < -0.4 is 15.8 Å². The normalized spacial score (nSPS) is 13.1. The highest BCUT2D eigenvalue weighted by molar-refractivity contribution is 5.78. The molecule has 6 nitrogen and oxygen atoms in total. The third kappa shape index (κ3) is 6.05. The Morgan fingerprint density at radius 2 is 2.44 bits per heavy atom. The third-order valence-electron chi connectivity index (χ3n) is 2.09. The summed E-state index contributed by atoms with van der Waals surface area (Å²) in [6.45, 7) is 3.51. The van der Waals surface area contributed by atoms with Gasteiger partial charge in [0.15, 0.2) is 5.96 Å². The fraction of sp³-hybridized carbons (Fsp3) is 0.500. The lowest BCUT2D eigenvalue weighted by molar-refractivity contribution is 0.179. The average molecular weight is 252 g/mol. The highest BCUT2D eigenvalue weighted by Gasteiger charge is 2.00. The van der Waals surface area contributed by atoms with Crippen LogP contribution in [-0.2, 0) is 4.74 Å². The van der Waals surface area contributed by atoms with Crippen molar-refractivity contribution in [3.8, 4) is 5.75 Å². The van der Waals surface area contributed by atoms with E-state index in [2.05, 4.69) is 15.3 Å². The van der Waals surface area contributed by atoms with Gasteiger partial charge in [-0.3, -0.25) is 4.98 Å². The van der Waals surface area contributed by atoms with Gasteiger partial charge < -0.3 is 20.5 Å². The van der Waals surface area contributed by atoms with E-state index >= 15 is 0 Å². The van der Waals surface area contributed by atoms with Gasteiger partial charge in [-0.2, -0.15) is 0 Å². The molecule has 0 spiro atoms. The molecular formula is C12H20N4O2. The SMILES string of the molecule is COCC(C)NC(N)=NCCOc1cccnc1. The van der Waals surface area contributed by atoms with Gasteiger partial charge >= 0.3 is 0 Å². The molecular weight excluding hydrogens is 232 g/mol. The van der Waals surface area contributed by atoms with Crippen LogP contribution in [0.2, 0.25) is 0 Å². The topological polar surface area (TPSA) is 81.8 Å². The lowest BCUT2D eigenvalue weighted by atomic mass is 10.4. The number of aromatic nitrogens is 1. The number of ether oxygens (including phenoxy) is 2. The number of methoxy groups -OCH3 is 1. The van der Waals surface area contributed by atoms with Crippen molar-refractivity contribution in [3.05, 3.63) is 24.5 Å². The molecule has 0 amide bonds. The van der Waals surface area contributed by atoms with Gasteiger partial charge in [0.2, 0.25) is 0 Å². The first kappa shape index (κ1) is 14.2. The highest BCUT2D eigenvalue weighted by Crippen LogP contribution is 2.05. The minimum Gasteiger partial charge on any atom is -0.490 e. The zero-order valence-corrected chi connectivity index (χ0v) is 10.8. The molecule has 1 heterocycles. The van der Waals surface area contributed by atoms with E-state index in [1.54, 1.807) is 19.5 Å². The maximum absolute atomic E-state index is 5.70. The summed E-state index contributed by atoms with van der Waals surface area (Å²) in [6.07, 6.45) is 3.36. The molecule has 1 aromatic rings.